The number of rotatable bonds is 10. The van der Waals surface area contributed by atoms with Crippen molar-refractivity contribution in [2.45, 2.75) is 18.7 Å². The average molecular weight is 429 g/mol. The molecule has 9 nitrogen and oxygen atoms in total. The fraction of sp³-hybridized carbons (Fsp3) is 0.250. The van der Waals surface area contributed by atoms with Crippen LogP contribution >= 0.6 is 0 Å². The van der Waals surface area contributed by atoms with Gasteiger partial charge in [-0.15, -0.1) is 0 Å². The molecule has 3 aromatic rings. The van der Waals surface area contributed by atoms with Gasteiger partial charge in [-0.05, 0) is 49.7 Å². The van der Waals surface area contributed by atoms with Crippen molar-refractivity contribution in [2.24, 2.45) is 0 Å². The molecule has 2 aromatic heterocycles. The van der Waals surface area contributed by atoms with Crippen LogP contribution in [0, 0.1) is 6.92 Å². The third-order valence-corrected chi connectivity index (χ3v) is 5.53. The van der Waals surface area contributed by atoms with Crippen molar-refractivity contribution < 1.29 is 13.2 Å². The Morgan fingerprint density at radius 3 is 2.53 bits per heavy atom. The quantitative estimate of drug-likeness (QED) is 0.422. The van der Waals surface area contributed by atoms with Crippen LogP contribution in [0.1, 0.15) is 12.5 Å². The summed E-state index contributed by atoms with van der Waals surface area (Å²) in [5.74, 6) is 2.49. The third kappa shape index (κ3) is 5.88. The molecule has 3 N–H and O–H groups in total. The molecule has 0 amide bonds. The van der Waals surface area contributed by atoms with Crippen molar-refractivity contribution in [2.75, 3.05) is 30.3 Å². The number of sulfonamides is 1. The molecular formula is C20H24N6O3S. The second kappa shape index (κ2) is 9.99. The molecule has 0 spiro atoms. The number of nitrogens with one attached hydrogen (secondary N) is 3. The number of hydrogen-bond donors (Lipinski definition) is 3. The van der Waals surface area contributed by atoms with E-state index in [1.165, 1.54) is 12.4 Å². The van der Waals surface area contributed by atoms with E-state index in [1.807, 2.05) is 32.0 Å². The average Bonchev–Trinajstić information content (AvgIpc) is 2.74. The van der Waals surface area contributed by atoms with Crippen molar-refractivity contribution in [3.8, 4) is 5.75 Å². The highest BCUT2D eigenvalue weighted by Crippen LogP contribution is 2.21. The van der Waals surface area contributed by atoms with E-state index in [0.717, 1.165) is 5.56 Å². The summed E-state index contributed by atoms with van der Waals surface area (Å²) in [6, 6.07) is 12.0. The van der Waals surface area contributed by atoms with Gasteiger partial charge in [0.2, 0.25) is 10.0 Å². The summed E-state index contributed by atoms with van der Waals surface area (Å²) < 4.78 is 33.0. The van der Waals surface area contributed by atoms with Crippen LogP contribution in [0.4, 0.5) is 17.5 Å². The fourth-order valence-electron chi connectivity index (χ4n) is 2.66. The van der Waals surface area contributed by atoms with E-state index in [9.17, 15) is 8.42 Å². The van der Waals surface area contributed by atoms with Crippen molar-refractivity contribution in [3.05, 3.63) is 60.6 Å². The first-order valence-corrected chi connectivity index (χ1v) is 10.9. The van der Waals surface area contributed by atoms with Crippen LogP contribution in [-0.2, 0) is 10.0 Å². The van der Waals surface area contributed by atoms with Crippen LogP contribution < -0.4 is 20.1 Å². The molecule has 1 aromatic carbocycles. The number of anilines is 3. The SMILES string of the molecule is CCOc1ccc(S(=O)(=O)NCCNc2cc(Nc3ccccn3)ncn2)cc1C. The zero-order valence-electron chi connectivity index (χ0n) is 16.8. The van der Waals surface area contributed by atoms with Gasteiger partial charge in [-0.3, -0.25) is 0 Å². The van der Waals surface area contributed by atoms with Gasteiger partial charge >= 0.3 is 0 Å². The second-order valence-electron chi connectivity index (χ2n) is 6.31. The van der Waals surface area contributed by atoms with E-state index in [0.29, 0.717) is 36.4 Å². The summed E-state index contributed by atoms with van der Waals surface area (Å²) in [6.07, 6.45) is 3.10. The van der Waals surface area contributed by atoms with Gasteiger partial charge in [-0.25, -0.2) is 28.1 Å². The van der Waals surface area contributed by atoms with E-state index < -0.39 is 10.0 Å². The van der Waals surface area contributed by atoms with Crippen LogP contribution in [0.3, 0.4) is 0 Å². The van der Waals surface area contributed by atoms with Crippen molar-refractivity contribution >= 4 is 27.5 Å². The Morgan fingerprint density at radius 1 is 0.967 bits per heavy atom. The van der Waals surface area contributed by atoms with Crippen LogP contribution in [0.2, 0.25) is 0 Å². The zero-order chi connectivity index (χ0) is 21.4. The van der Waals surface area contributed by atoms with E-state index in [-0.39, 0.29) is 11.4 Å². The number of benzene rings is 1. The lowest BCUT2D eigenvalue weighted by molar-refractivity contribution is 0.337. The number of aryl methyl sites for hydroxylation is 1. The van der Waals surface area contributed by atoms with Crippen molar-refractivity contribution in [1.82, 2.24) is 19.7 Å². The van der Waals surface area contributed by atoms with Gasteiger partial charge in [0.15, 0.2) is 0 Å². The minimum absolute atomic E-state index is 0.196. The molecule has 0 aliphatic heterocycles. The smallest absolute Gasteiger partial charge is 0.240 e. The van der Waals surface area contributed by atoms with Crippen LogP contribution in [-0.4, -0.2) is 43.1 Å². The predicted molar refractivity (Wildman–Crippen MR) is 116 cm³/mol. The molecule has 30 heavy (non-hydrogen) atoms. The van der Waals surface area contributed by atoms with Gasteiger partial charge in [0.25, 0.3) is 0 Å². The molecule has 3 rings (SSSR count). The summed E-state index contributed by atoms with van der Waals surface area (Å²) in [7, 11) is -3.62. The Bertz CT molecular complexity index is 1080. The standard InChI is InChI=1S/C20H24N6O3S/c1-3-29-17-8-7-16(12-15(17)2)30(27,28)25-11-10-22-19-13-20(24-14-23-19)26-18-6-4-5-9-21-18/h4-9,12-14,25H,3,10-11H2,1-2H3,(H2,21,22,23,24,26). The summed E-state index contributed by atoms with van der Waals surface area (Å²) in [5, 5.41) is 6.15. The van der Waals surface area contributed by atoms with Gasteiger partial charge in [-0.2, -0.15) is 0 Å². The fourth-order valence-corrected chi connectivity index (χ4v) is 3.77. The van der Waals surface area contributed by atoms with Gasteiger partial charge in [0.05, 0.1) is 11.5 Å². The van der Waals surface area contributed by atoms with Crippen LogP contribution in [0.25, 0.3) is 0 Å². The van der Waals surface area contributed by atoms with Gasteiger partial charge in [-0.1, -0.05) is 6.07 Å². The Morgan fingerprint density at radius 2 is 1.80 bits per heavy atom. The molecule has 0 unspecified atom stereocenters. The van der Waals surface area contributed by atoms with Gasteiger partial charge in [0, 0.05) is 25.4 Å². The van der Waals surface area contributed by atoms with E-state index >= 15 is 0 Å². The maximum absolute atomic E-state index is 12.5. The Kier molecular flexibility index (Phi) is 7.15. The first-order chi connectivity index (χ1) is 14.5. The number of nitrogens with zero attached hydrogens (tertiary/aromatic N) is 3. The molecule has 0 fully saturated rings. The van der Waals surface area contributed by atoms with Crippen LogP contribution in [0.15, 0.2) is 59.9 Å². The number of pyridine rings is 1. The van der Waals surface area contributed by atoms with Crippen LogP contribution in [0.5, 0.6) is 5.75 Å². The zero-order valence-corrected chi connectivity index (χ0v) is 17.6. The number of ether oxygens (including phenoxy) is 1. The maximum Gasteiger partial charge on any atom is 0.240 e. The summed E-state index contributed by atoms with van der Waals surface area (Å²) in [5.41, 5.74) is 0.770. The first-order valence-electron chi connectivity index (χ1n) is 9.45. The molecule has 0 bridgehead atoms. The monoisotopic (exact) mass is 428 g/mol. The largest absolute Gasteiger partial charge is 0.494 e. The highest BCUT2D eigenvalue weighted by atomic mass is 32.2. The molecule has 0 aliphatic rings. The van der Waals surface area contributed by atoms with E-state index in [2.05, 4.69) is 30.3 Å². The second-order valence-corrected chi connectivity index (χ2v) is 8.08. The molecule has 2 heterocycles. The molecule has 0 saturated heterocycles. The maximum atomic E-state index is 12.5. The highest BCUT2D eigenvalue weighted by Gasteiger charge is 2.15. The molecule has 0 saturated carbocycles. The van der Waals surface area contributed by atoms with Gasteiger partial charge in [0.1, 0.15) is 29.5 Å². The third-order valence-electron chi connectivity index (χ3n) is 4.07. The molecule has 158 valence electrons. The molecule has 0 aliphatic carbocycles. The lowest BCUT2D eigenvalue weighted by Crippen LogP contribution is -2.29. The summed E-state index contributed by atoms with van der Waals surface area (Å²) in [4.78, 5) is 12.7. The normalized spacial score (nSPS) is 11.1. The lowest BCUT2D eigenvalue weighted by atomic mass is 10.2. The number of hydrogen-bond acceptors (Lipinski definition) is 8. The molecule has 0 radical (unpaired) electrons. The minimum Gasteiger partial charge on any atom is -0.494 e. The highest BCUT2D eigenvalue weighted by molar-refractivity contribution is 7.89. The topological polar surface area (TPSA) is 118 Å². The van der Waals surface area contributed by atoms with Gasteiger partial charge < -0.3 is 15.4 Å². The van der Waals surface area contributed by atoms with E-state index in [1.54, 1.807) is 24.4 Å². The van der Waals surface area contributed by atoms with Crippen molar-refractivity contribution in [3.63, 3.8) is 0 Å². The minimum atomic E-state index is -3.62. The molecular weight excluding hydrogens is 404 g/mol. The van der Waals surface area contributed by atoms with E-state index in [4.69, 9.17) is 4.74 Å². The number of aromatic nitrogens is 3. The summed E-state index contributed by atoms with van der Waals surface area (Å²) >= 11 is 0. The molecule has 10 heteroatoms. The Balaban J connectivity index is 1.53. The van der Waals surface area contributed by atoms with Crippen molar-refractivity contribution in [1.29, 1.82) is 0 Å². The lowest BCUT2D eigenvalue weighted by Gasteiger charge is -2.11. The Hall–Kier alpha value is -3.24. The summed E-state index contributed by atoms with van der Waals surface area (Å²) in [6.45, 7) is 4.78. The molecule has 0 atom stereocenters. The first kappa shape index (κ1) is 21.5. The Labute approximate surface area is 176 Å². The predicted octanol–water partition coefficient (Wildman–Crippen LogP) is 2.71.